The predicted octanol–water partition coefficient (Wildman–Crippen LogP) is 0.956. The summed E-state index contributed by atoms with van der Waals surface area (Å²) in [6.45, 7) is 2.12. The number of nitrogens with zero attached hydrogens (tertiary/aromatic N) is 1. The van der Waals surface area contributed by atoms with E-state index in [2.05, 4.69) is 20.6 Å². The summed E-state index contributed by atoms with van der Waals surface area (Å²) < 4.78 is 0. The van der Waals surface area contributed by atoms with Crippen LogP contribution < -0.4 is 21.9 Å². The van der Waals surface area contributed by atoms with Gasteiger partial charge in [-0.2, -0.15) is 0 Å². The number of aryl methyl sites for hydroxylation is 1. The molecule has 0 atom stereocenters. The minimum Gasteiger partial charge on any atom is -0.379 e. The number of thioether (sulfide) groups is 1. The Morgan fingerprint density at radius 1 is 1.38 bits per heavy atom. The van der Waals surface area contributed by atoms with E-state index >= 15 is 0 Å². The molecule has 10 heteroatoms. The first kappa shape index (κ1) is 19.7. The van der Waals surface area contributed by atoms with Gasteiger partial charge in [0.25, 0.3) is 5.56 Å². The van der Waals surface area contributed by atoms with Gasteiger partial charge in [-0.1, -0.05) is 18.2 Å². The van der Waals surface area contributed by atoms with Crippen molar-refractivity contribution in [2.45, 2.75) is 32.6 Å². The van der Waals surface area contributed by atoms with E-state index < -0.39 is 6.03 Å². The molecular formula is C14H22N6O3S. The monoisotopic (exact) mass is 354 g/mol. The van der Waals surface area contributed by atoms with E-state index in [-0.39, 0.29) is 28.2 Å². The van der Waals surface area contributed by atoms with Crippen LogP contribution >= 0.6 is 11.8 Å². The number of aromatic amines is 1. The average molecular weight is 354 g/mol. The van der Waals surface area contributed by atoms with Crippen LogP contribution in [0.1, 0.15) is 31.4 Å². The second-order valence-electron chi connectivity index (χ2n) is 5.12. The normalized spacial score (nSPS) is 10.2. The van der Waals surface area contributed by atoms with Gasteiger partial charge < -0.3 is 11.1 Å². The molecule has 132 valence electrons. The Bertz CT molecular complexity index is 646. The van der Waals surface area contributed by atoms with E-state index in [1.54, 1.807) is 6.92 Å². The highest BCUT2D eigenvalue weighted by Crippen LogP contribution is 2.05. The van der Waals surface area contributed by atoms with Crippen LogP contribution in [0.15, 0.2) is 10.9 Å². The summed E-state index contributed by atoms with van der Waals surface area (Å²) in [7, 11) is 0. The van der Waals surface area contributed by atoms with Crippen LogP contribution in [0.4, 0.5) is 10.7 Å². The van der Waals surface area contributed by atoms with Gasteiger partial charge in [0.15, 0.2) is 5.17 Å². The Morgan fingerprint density at radius 3 is 2.79 bits per heavy atom. The molecule has 0 aliphatic heterocycles. The van der Waals surface area contributed by atoms with Crippen molar-refractivity contribution in [2.75, 3.05) is 17.6 Å². The quantitative estimate of drug-likeness (QED) is 0.253. The van der Waals surface area contributed by atoms with E-state index in [0.29, 0.717) is 18.7 Å². The first-order chi connectivity index (χ1) is 11.4. The summed E-state index contributed by atoms with van der Waals surface area (Å²) in [5.74, 6) is 0.402. The summed E-state index contributed by atoms with van der Waals surface area (Å²) in [4.78, 5) is 40.8. The smallest absolute Gasteiger partial charge is 0.321 e. The molecule has 0 radical (unpaired) electrons. The van der Waals surface area contributed by atoms with Crippen molar-refractivity contribution in [1.82, 2.24) is 15.3 Å². The molecule has 1 heterocycles. The number of nitrogens with one attached hydrogen (secondary N) is 4. The number of carbonyl (C=O) groups excluding carboxylic acids is 2. The van der Waals surface area contributed by atoms with Crippen LogP contribution in [0.25, 0.3) is 0 Å². The number of nitrogens with two attached hydrogens (primary N) is 1. The number of Topliss-reactive ketones (excluding diaryl/α,β-unsaturated/α-hetero) is 1. The predicted molar refractivity (Wildman–Crippen MR) is 94.5 cm³/mol. The Balaban J connectivity index is 2.12. The molecule has 2 amide bonds. The molecule has 0 aliphatic rings. The molecule has 9 nitrogen and oxygen atoms in total. The minimum absolute atomic E-state index is 0.0528. The van der Waals surface area contributed by atoms with Crippen molar-refractivity contribution < 1.29 is 9.59 Å². The van der Waals surface area contributed by atoms with Crippen LogP contribution in [-0.4, -0.2) is 39.2 Å². The summed E-state index contributed by atoms with van der Waals surface area (Å²) in [6.07, 6.45) is 2.71. The van der Waals surface area contributed by atoms with Gasteiger partial charge in [-0.15, -0.1) is 0 Å². The van der Waals surface area contributed by atoms with Gasteiger partial charge in [-0.25, -0.2) is 9.78 Å². The third-order valence-electron chi connectivity index (χ3n) is 2.91. The van der Waals surface area contributed by atoms with Gasteiger partial charge in [0.1, 0.15) is 5.78 Å². The number of rotatable bonds is 9. The Morgan fingerprint density at radius 2 is 2.12 bits per heavy atom. The van der Waals surface area contributed by atoms with Crippen molar-refractivity contribution in [3.63, 3.8) is 0 Å². The SMILES string of the molecule is Cc1cc(=O)[nH]c(NC(=O)NCCCCCC(=O)CSC(=N)N)n1. The van der Waals surface area contributed by atoms with E-state index in [1.165, 1.54) is 6.07 Å². The third kappa shape index (κ3) is 8.93. The number of anilines is 1. The zero-order valence-corrected chi connectivity index (χ0v) is 14.3. The number of H-pyrrole nitrogens is 1. The van der Waals surface area contributed by atoms with E-state index in [0.717, 1.165) is 31.0 Å². The molecule has 0 aromatic carbocycles. The number of unbranched alkanes of at least 4 members (excludes halogenated alkanes) is 2. The number of hydrogen-bond donors (Lipinski definition) is 5. The highest BCUT2D eigenvalue weighted by molar-refractivity contribution is 8.14. The first-order valence-corrected chi connectivity index (χ1v) is 8.46. The molecule has 6 N–H and O–H groups in total. The lowest BCUT2D eigenvalue weighted by Gasteiger charge is -2.07. The van der Waals surface area contributed by atoms with Crippen LogP contribution in [0.2, 0.25) is 0 Å². The lowest BCUT2D eigenvalue weighted by Crippen LogP contribution is -2.31. The fourth-order valence-electron chi connectivity index (χ4n) is 1.85. The van der Waals surface area contributed by atoms with Gasteiger partial charge in [0.05, 0.1) is 5.75 Å². The number of carbonyl (C=O) groups is 2. The van der Waals surface area contributed by atoms with Crippen molar-refractivity contribution in [1.29, 1.82) is 5.41 Å². The molecular weight excluding hydrogens is 332 g/mol. The summed E-state index contributed by atoms with van der Waals surface area (Å²) >= 11 is 1.03. The topological polar surface area (TPSA) is 154 Å². The standard InChI is InChI=1S/C14H22N6O3S/c1-9-7-11(22)19-13(18-9)20-14(23)17-6-4-2-3-5-10(21)8-24-12(15)16/h7H,2-6,8H2,1H3,(H3,15,16)(H3,17,18,19,20,22,23). The van der Waals surface area contributed by atoms with Crippen LogP contribution in [0.5, 0.6) is 0 Å². The van der Waals surface area contributed by atoms with E-state index in [4.69, 9.17) is 11.1 Å². The van der Waals surface area contributed by atoms with Crippen LogP contribution in [0, 0.1) is 12.3 Å². The van der Waals surface area contributed by atoms with Gasteiger partial charge in [0.2, 0.25) is 5.95 Å². The minimum atomic E-state index is -0.447. The largest absolute Gasteiger partial charge is 0.379 e. The van der Waals surface area contributed by atoms with Gasteiger partial charge in [0, 0.05) is 24.7 Å². The zero-order chi connectivity index (χ0) is 17.9. The molecule has 0 bridgehead atoms. The second kappa shape index (κ2) is 10.4. The number of amidine groups is 1. The molecule has 0 saturated carbocycles. The molecule has 0 aliphatic carbocycles. The second-order valence-corrected chi connectivity index (χ2v) is 6.14. The highest BCUT2D eigenvalue weighted by Gasteiger charge is 2.05. The number of urea groups is 1. The van der Waals surface area contributed by atoms with Gasteiger partial charge >= 0.3 is 6.03 Å². The molecule has 1 aromatic rings. The van der Waals surface area contributed by atoms with Crippen molar-refractivity contribution in [3.05, 3.63) is 22.1 Å². The molecule has 1 rings (SSSR count). The molecule has 0 spiro atoms. The van der Waals surface area contributed by atoms with Crippen molar-refractivity contribution in [2.24, 2.45) is 5.73 Å². The fourth-order valence-corrected chi connectivity index (χ4v) is 2.31. The number of ketones is 1. The van der Waals surface area contributed by atoms with Gasteiger partial charge in [-0.3, -0.25) is 25.3 Å². The Kier molecular flexibility index (Phi) is 8.55. The van der Waals surface area contributed by atoms with E-state index in [1.807, 2.05) is 0 Å². The lowest BCUT2D eigenvalue weighted by atomic mass is 10.1. The van der Waals surface area contributed by atoms with Crippen molar-refractivity contribution >= 4 is 34.7 Å². The molecule has 24 heavy (non-hydrogen) atoms. The average Bonchev–Trinajstić information content (AvgIpc) is 2.47. The maximum Gasteiger partial charge on any atom is 0.321 e. The molecule has 0 saturated heterocycles. The Hall–Kier alpha value is -2.36. The molecule has 0 fully saturated rings. The summed E-state index contributed by atoms with van der Waals surface area (Å²) in [6, 6.07) is 0.886. The third-order valence-corrected chi connectivity index (χ3v) is 3.69. The lowest BCUT2D eigenvalue weighted by molar-refractivity contribution is -0.116. The van der Waals surface area contributed by atoms with Gasteiger partial charge in [-0.05, 0) is 19.8 Å². The van der Waals surface area contributed by atoms with E-state index in [9.17, 15) is 14.4 Å². The first-order valence-electron chi connectivity index (χ1n) is 7.48. The fraction of sp³-hybridized carbons (Fsp3) is 0.500. The maximum absolute atomic E-state index is 11.7. The maximum atomic E-state index is 11.7. The van der Waals surface area contributed by atoms with Crippen LogP contribution in [0.3, 0.4) is 0 Å². The molecule has 0 unspecified atom stereocenters. The number of amides is 2. The molecule has 1 aromatic heterocycles. The Labute approximate surface area is 143 Å². The zero-order valence-electron chi connectivity index (χ0n) is 13.5. The summed E-state index contributed by atoms with van der Waals surface area (Å²) in [5, 5.41) is 12.1. The summed E-state index contributed by atoms with van der Waals surface area (Å²) in [5.41, 5.74) is 5.35. The number of hydrogen-bond acceptors (Lipinski definition) is 6. The highest BCUT2D eigenvalue weighted by atomic mass is 32.2. The van der Waals surface area contributed by atoms with Crippen LogP contribution in [-0.2, 0) is 4.79 Å². The number of aromatic nitrogens is 2. The van der Waals surface area contributed by atoms with Crippen molar-refractivity contribution in [3.8, 4) is 0 Å².